The van der Waals surface area contributed by atoms with Gasteiger partial charge >= 0.3 is 6.03 Å². The smallest absolute Gasteiger partial charge is 0.325 e. The van der Waals surface area contributed by atoms with E-state index in [1.54, 1.807) is 0 Å². The molecule has 2 atom stereocenters. The zero-order chi connectivity index (χ0) is 20.1. The first kappa shape index (κ1) is 19.9. The molecule has 1 aromatic carbocycles. The van der Waals surface area contributed by atoms with Crippen LogP contribution in [0.1, 0.15) is 45.1 Å². The molecule has 150 valence electrons. The van der Waals surface area contributed by atoms with Crippen LogP contribution in [0.3, 0.4) is 0 Å². The lowest BCUT2D eigenvalue weighted by Gasteiger charge is -2.17. The van der Waals surface area contributed by atoms with E-state index >= 15 is 0 Å². The zero-order valence-corrected chi connectivity index (χ0v) is 16.5. The van der Waals surface area contributed by atoms with Crippen LogP contribution in [0.15, 0.2) is 30.5 Å². The maximum Gasteiger partial charge on any atom is 0.325 e. The molecule has 2 heterocycles. The standard InChI is InChI=1S/C21H28N4O3/c1-3-4-5-8-14(2)23-19(26)13-25-20(27)18(24-21(25)28)11-15-12-22-17-10-7-6-9-16(15)17/h6-7,9-10,12,14,18,22H,3-5,8,11,13H2,1-2H3,(H,23,26)(H,24,28)/t14-,18-/m0/s1. The van der Waals surface area contributed by atoms with Gasteiger partial charge in [0.05, 0.1) is 0 Å². The number of imide groups is 1. The SMILES string of the molecule is CCCCC[C@H](C)NC(=O)CN1C(=O)N[C@@H](Cc2c[nH]c3ccccc23)C1=O. The summed E-state index contributed by atoms with van der Waals surface area (Å²) in [6.45, 7) is 3.83. The molecular formula is C21H28N4O3. The van der Waals surface area contributed by atoms with Gasteiger partial charge in [0.25, 0.3) is 5.91 Å². The number of carbonyl (C=O) groups excluding carboxylic acids is 3. The number of H-pyrrole nitrogens is 1. The Labute approximate surface area is 164 Å². The summed E-state index contributed by atoms with van der Waals surface area (Å²) >= 11 is 0. The highest BCUT2D eigenvalue weighted by molar-refractivity contribution is 6.06. The average Bonchev–Trinajstić information content (AvgIpc) is 3.18. The van der Waals surface area contributed by atoms with E-state index < -0.39 is 12.1 Å². The van der Waals surface area contributed by atoms with Crippen LogP contribution in [0.4, 0.5) is 4.79 Å². The highest BCUT2D eigenvalue weighted by Gasteiger charge is 2.39. The predicted octanol–water partition coefficient (Wildman–Crippen LogP) is 2.72. The van der Waals surface area contributed by atoms with Gasteiger partial charge in [-0.25, -0.2) is 4.79 Å². The number of rotatable bonds is 9. The Balaban J connectivity index is 1.56. The van der Waals surface area contributed by atoms with Crippen molar-refractivity contribution in [2.75, 3.05) is 6.54 Å². The molecule has 3 N–H and O–H groups in total. The van der Waals surface area contributed by atoms with E-state index in [1.165, 1.54) is 0 Å². The number of fused-ring (bicyclic) bond motifs is 1. The monoisotopic (exact) mass is 384 g/mol. The van der Waals surface area contributed by atoms with Crippen molar-refractivity contribution < 1.29 is 14.4 Å². The van der Waals surface area contributed by atoms with E-state index in [9.17, 15) is 14.4 Å². The van der Waals surface area contributed by atoms with Gasteiger partial charge in [-0.3, -0.25) is 14.5 Å². The number of nitrogens with one attached hydrogen (secondary N) is 3. The minimum atomic E-state index is -0.651. The molecular weight excluding hydrogens is 356 g/mol. The third kappa shape index (κ3) is 4.52. The van der Waals surface area contributed by atoms with Crippen molar-refractivity contribution >= 4 is 28.7 Å². The molecule has 0 bridgehead atoms. The van der Waals surface area contributed by atoms with Gasteiger partial charge in [-0.05, 0) is 25.0 Å². The van der Waals surface area contributed by atoms with Crippen molar-refractivity contribution in [2.45, 2.75) is 58.0 Å². The number of nitrogens with zero attached hydrogens (tertiary/aromatic N) is 1. The van der Waals surface area contributed by atoms with E-state index in [-0.39, 0.29) is 24.4 Å². The normalized spacial score (nSPS) is 17.8. The number of hydrogen-bond donors (Lipinski definition) is 3. The number of benzene rings is 1. The lowest BCUT2D eigenvalue weighted by molar-refractivity contribution is -0.132. The number of amides is 4. The van der Waals surface area contributed by atoms with Gasteiger partial charge in [0.15, 0.2) is 0 Å². The van der Waals surface area contributed by atoms with E-state index in [0.717, 1.165) is 47.0 Å². The summed E-state index contributed by atoms with van der Waals surface area (Å²) in [4.78, 5) is 41.3. The summed E-state index contributed by atoms with van der Waals surface area (Å²) < 4.78 is 0. The fraction of sp³-hybridized carbons (Fsp3) is 0.476. The van der Waals surface area contributed by atoms with Crippen LogP contribution in [0.25, 0.3) is 10.9 Å². The molecule has 1 fully saturated rings. The quantitative estimate of drug-likeness (QED) is 0.458. The molecule has 2 aromatic rings. The molecule has 0 unspecified atom stereocenters. The van der Waals surface area contributed by atoms with Crippen molar-refractivity contribution in [3.63, 3.8) is 0 Å². The summed E-state index contributed by atoms with van der Waals surface area (Å²) in [6.07, 6.45) is 6.44. The fourth-order valence-electron chi connectivity index (χ4n) is 3.62. The Morgan fingerprint density at radius 2 is 2.04 bits per heavy atom. The number of para-hydroxylation sites is 1. The summed E-state index contributed by atoms with van der Waals surface area (Å²) in [6, 6.07) is 6.69. The minimum absolute atomic E-state index is 0.0295. The number of hydrogen-bond acceptors (Lipinski definition) is 3. The molecule has 1 saturated heterocycles. The van der Waals surface area contributed by atoms with Gasteiger partial charge in [-0.1, -0.05) is 44.4 Å². The number of aromatic nitrogens is 1. The summed E-state index contributed by atoms with van der Waals surface area (Å²) in [5.74, 6) is -0.663. The second-order valence-corrected chi connectivity index (χ2v) is 7.45. The first-order valence-corrected chi connectivity index (χ1v) is 9.95. The minimum Gasteiger partial charge on any atom is -0.361 e. The van der Waals surface area contributed by atoms with Crippen molar-refractivity contribution in [3.8, 4) is 0 Å². The molecule has 0 spiro atoms. The van der Waals surface area contributed by atoms with Gasteiger partial charge in [-0.15, -0.1) is 0 Å². The van der Waals surface area contributed by atoms with Crippen LogP contribution >= 0.6 is 0 Å². The number of aromatic amines is 1. The maximum atomic E-state index is 12.7. The fourth-order valence-corrected chi connectivity index (χ4v) is 3.62. The van der Waals surface area contributed by atoms with Crippen LogP contribution < -0.4 is 10.6 Å². The average molecular weight is 384 g/mol. The molecule has 7 nitrogen and oxygen atoms in total. The van der Waals surface area contributed by atoms with E-state index in [0.29, 0.717) is 6.42 Å². The molecule has 3 rings (SSSR count). The van der Waals surface area contributed by atoms with Crippen LogP contribution in [0.5, 0.6) is 0 Å². The van der Waals surface area contributed by atoms with Crippen molar-refractivity contribution in [2.24, 2.45) is 0 Å². The predicted molar refractivity (Wildman–Crippen MR) is 108 cm³/mol. The third-order valence-electron chi connectivity index (χ3n) is 5.16. The summed E-state index contributed by atoms with van der Waals surface area (Å²) in [7, 11) is 0. The second-order valence-electron chi connectivity index (χ2n) is 7.45. The van der Waals surface area contributed by atoms with Crippen LogP contribution in [0, 0.1) is 0 Å². The molecule has 1 aliphatic heterocycles. The van der Waals surface area contributed by atoms with E-state index in [2.05, 4.69) is 22.5 Å². The van der Waals surface area contributed by atoms with Crippen molar-refractivity contribution in [3.05, 3.63) is 36.0 Å². The van der Waals surface area contributed by atoms with E-state index in [4.69, 9.17) is 0 Å². The second kappa shape index (κ2) is 8.91. The highest BCUT2D eigenvalue weighted by atomic mass is 16.2. The van der Waals surface area contributed by atoms with Crippen LogP contribution in [0.2, 0.25) is 0 Å². The van der Waals surface area contributed by atoms with E-state index in [1.807, 2.05) is 37.4 Å². The molecule has 1 aromatic heterocycles. The number of urea groups is 1. The highest BCUT2D eigenvalue weighted by Crippen LogP contribution is 2.21. The Kier molecular flexibility index (Phi) is 6.34. The molecule has 0 radical (unpaired) electrons. The molecule has 0 aliphatic carbocycles. The lowest BCUT2D eigenvalue weighted by Crippen LogP contribution is -2.43. The van der Waals surface area contributed by atoms with Crippen LogP contribution in [-0.4, -0.2) is 46.4 Å². The van der Waals surface area contributed by atoms with Crippen molar-refractivity contribution in [1.29, 1.82) is 0 Å². The first-order chi connectivity index (χ1) is 13.5. The summed E-state index contributed by atoms with van der Waals surface area (Å²) in [5, 5.41) is 6.60. The molecule has 28 heavy (non-hydrogen) atoms. The topological polar surface area (TPSA) is 94.3 Å². The maximum absolute atomic E-state index is 12.7. The molecule has 4 amide bonds. The van der Waals surface area contributed by atoms with Gasteiger partial charge in [0.1, 0.15) is 12.6 Å². The number of carbonyl (C=O) groups is 3. The van der Waals surface area contributed by atoms with Crippen LogP contribution in [-0.2, 0) is 16.0 Å². The lowest BCUT2D eigenvalue weighted by atomic mass is 10.1. The molecule has 1 aliphatic rings. The van der Waals surface area contributed by atoms with Gasteiger partial charge in [0.2, 0.25) is 5.91 Å². The Morgan fingerprint density at radius 3 is 2.82 bits per heavy atom. The molecule has 7 heteroatoms. The Morgan fingerprint density at radius 1 is 1.25 bits per heavy atom. The zero-order valence-electron chi connectivity index (χ0n) is 16.5. The first-order valence-electron chi connectivity index (χ1n) is 9.95. The van der Waals surface area contributed by atoms with Crippen molar-refractivity contribution in [1.82, 2.24) is 20.5 Å². The third-order valence-corrected chi connectivity index (χ3v) is 5.16. The van der Waals surface area contributed by atoms with Gasteiger partial charge < -0.3 is 15.6 Å². The molecule has 0 saturated carbocycles. The summed E-state index contributed by atoms with van der Waals surface area (Å²) in [5.41, 5.74) is 1.95. The Hall–Kier alpha value is -2.83. The van der Waals surface area contributed by atoms with Gasteiger partial charge in [0, 0.05) is 29.6 Å². The largest absolute Gasteiger partial charge is 0.361 e. The Bertz CT molecular complexity index is 860. The van der Waals surface area contributed by atoms with Gasteiger partial charge in [-0.2, -0.15) is 0 Å². The number of unbranched alkanes of at least 4 members (excludes halogenated alkanes) is 2.